The molecule has 0 bridgehead atoms. The maximum atomic E-state index is 10.2. The van der Waals surface area contributed by atoms with Crippen molar-refractivity contribution in [3.63, 3.8) is 0 Å². The van der Waals surface area contributed by atoms with Crippen LogP contribution in [-0.2, 0) is 78.8 Å². The molecular formula is C52H78N18O11S4. The second kappa shape index (κ2) is 35.2. The molecule has 0 atom stereocenters. The topological polar surface area (TPSA) is 383 Å². The van der Waals surface area contributed by atoms with Gasteiger partial charge in [0.15, 0.2) is 5.82 Å². The molecule has 0 unspecified atom stereocenters. The first kappa shape index (κ1) is 76.9. The number of rotatable bonds is 10. The van der Waals surface area contributed by atoms with Gasteiger partial charge < -0.3 is 28.6 Å². The SMILES string of the molecule is CC(C)(C)c1nc(OC=O)c(OC=O)s1.CC(C)(C)c1nc(OC=O)n[nH]1.CC(C)(C)c1nccs1.CC(C)(C)c1ncn[nH]1.CC(C)(C)c1nn[nH]n1.CC(C)(C)c1nnc(CCOC=O)s1.O=S(=O)=O.[C-]#[N+]c1nc(C(C)(C)C)[nH]c1[N+]#[C-]. The minimum atomic E-state index is -3.11. The van der Waals surface area contributed by atoms with Gasteiger partial charge in [0.2, 0.25) is 5.06 Å². The number of imidazole rings is 1. The minimum absolute atomic E-state index is 0.00694. The third-order valence-electron chi connectivity index (χ3n) is 9.27. The smallest absolute Gasteiger partial charge is 0.425 e. The summed E-state index contributed by atoms with van der Waals surface area (Å²) >= 11 is 4.47. The minimum Gasteiger partial charge on any atom is -0.467 e. The first-order valence-electron chi connectivity index (χ1n) is 25.4. The Balaban J connectivity index is 0.000000965. The number of ether oxygens (including phenoxy) is 4. The largest absolute Gasteiger partial charge is 0.467 e. The first-order chi connectivity index (χ1) is 39.1. The van der Waals surface area contributed by atoms with Gasteiger partial charge in [0.05, 0.1) is 17.0 Å². The third kappa shape index (κ3) is 31.4. The van der Waals surface area contributed by atoms with Gasteiger partial charge in [-0.15, -0.1) is 60.8 Å². The molecule has 0 aliphatic heterocycles. The lowest BCUT2D eigenvalue weighted by Gasteiger charge is -2.12. The molecule has 0 aliphatic carbocycles. The van der Waals surface area contributed by atoms with Crippen LogP contribution in [0.3, 0.4) is 0 Å². The third-order valence-corrected chi connectivity index (χ3v) is 13.2. The van der Waals surface area contributed by atoms with Crippen LogP contribution in [0.5, 0.6) is 17.0 Å². The molecule has 0 saturated carbocycles. The number of H-pyrrole nitrogens is 4. The number of aromatic nitrogens is 16. The Labute approximate surface area is 508 Å². The monoisotopic (exact) mass is 1260 g/mol. The van der Waals surface area contributed by atoms with Crippen LogP contribution < -0.4 is 14.2 Å². The van der Waals surface area contributed by atoms with Gasteiger partial charge in [-0.1, -0.05) is 159 Å². The number of nitrogens with zero attached hydrogens (tertiary/aromatic N) is 14. The highest BCUT2D eigenvalue weighted by atomic mass is 32.2. The van der Waals surface area contributed by atoms with E-state index in [1.807, 2.05) is 94.7 Å². The van der Waals surface area contributed by atoms with Crippen LogP contribution in [0.15, 0.2) is 17.9 Å². The zero-order valence-electron chi connectivity index (χ0n) is 51.8. The quantitative estimate of drug-likeness (QED) is 0.0562. The Hall–Kier alpha value is -8.14. The van der Waals surface area contributed by atoms with E-state index in [1.165, 1.54) is 22.7 Å². The van der Waals surface area contributed by atoms with Crippen LogP contribution in [0.1, 0.15) is 189 Å². The van der Waals surface area contributed by atoms with E-state index in [4.69, 9.17) is 25.8 Å². The summed E-state index contributed by atoms with van der Waals surface area (Å²) in [6.07, 6.45) is 4.03. The molecule has 7 rings (SSSR count). The average molecular weight is 1260 g/mol. The van der Waals surface area contributed by atoms with E-state index in [9.17, 15) is 19.2 Å². The Bertz CT molecular complexity index is 3070. The van der Waals surface area contributed by atoms with Gasteiger partial charge in [-0.2, -0.15) is 15.3 Å². The number of aromatic amines is 4. The standard InChI is InChI=1S/C9H10N4.C9H14N2O2S.C9H11NO4S.C7H11N3O2.C7H11NS.C6H11N3.C5H10N4.O3S/c1-9(2,3)8-12-6(10-4)7(11-5)13-8;1-9(2,3)8-11-10-7(14-8)4-5-13-6-12;1-9(2,3)8-10-6(13-4-11)7(15-8)14-5-12;1-7(2,3)5-8-6(10-9-5)12-4-11;1-7(2,3)6-8-4-5-9-6;1-6(2,3)5-7-4-8-9-5;1-5(2,3)4-6-8-9-7-4;1-4(2)3/h1-3H3,(H,12,13);6H,4-5H2,1-3H3;4-5H,1-3H3;4H,1-3H3,(H,8,9,10);4-5H,1-3H3;4H,1-3H3,(H,7,8,9);1-3H3,(H,6,7,8,9);. The molecule has 7 heterocycles. The molecule has 466 valence electrons. The van der Waals surface area contributed by atoms with Gasteiger partial charge in [0.25, 0.3) is 42.8 Å². The summed E-state index contributed by atoms with van der Waals surface area (Å²) in [6.45, 7) is 58.2. The van der Waals surface area contributed by atoms with Crippen LogP contribution in [0.25, 0.3) is 9.69 Å². The van der Waals surface area contributed by atoms with E-state index in [0.29, 0.717) is 37.6 Å². The van der Waals surface area contributed by atoms with Gasteiger partial charge in [-0.25, -0.2) is 15.0 Å². The fourth-order valence-corrected chi connectivity index (χ4v) is 7.37. The van der Waals surface area contributed by atoms with Crippen molar-refractivity contribution in [1.29, 1.82) is 0 Å². The number of carbonyl (C=O) groups is 4. The molecule has 33 heteroatoms. The fourth-order valence-electron chi connectivity index (χ4n) is 4.89. The first-order valence-corrected chi connectivity index (χ1v) is 28.9. The molecule has 0 aromatic carbocycles. The van der Waals surface area contributed by atoms with E-state index in [1.54, 1.807) is 22.7 Å². The summed E-state index contributed by atoms with van der Waals surface area (Å²) in [5, 5.41) is 40.7. The zero-order valence-corrected chi connectivity index (χ0v) is 55.1. The number of hydrogen-bond acceptors (Lipinski definition) is 26. The Kier molecular flexibility index (Phi) is 31.9. The second-order valence-electron chi connectivity index (χ2n) is 24.3. The molecule has 0 saturated heterocycles. The van der Waals surface area contributed by atoms with E-state index in [2.05, 4.69) is 172 Å². The van der Waals surface area contributed by atoms with Crippen LogP contribution in [0.4, 0.5) is 11.6 Å². The Morgan fingerprint density at radius 2 is 1.14 bits per heavy atom. The lowest BCUT2D eigenvalue weighted by Crippen LogP contribution is -2.13. The molecule has 4 N–H and O–H groups in total. The van der Waals surface area contributed by atoms with Crippen LogP contribution in [0.2, 0.25) is 0 Å². The number of carbonyl (C=O) groups excluding carboxylic acids is 4. The van der Waals surface area contributed by atoms with Crippen molar-refractivity contribution in [1.82, 2.24) is 81.1 Å². The molecule has 29 nitrogen and oxygen atoms in total. The van der Waals surface area contributed by atoms with Gasteiger partial charge in [-0.05, 0) is 20.8 Å². The number of tetrazole rings is 1. The molecule has 0 spiro atoms. The van der Waals surface area contributed by atoms with Crippen LogP contribution in [0, 0.1) is 13.1 Å². The molecule has 0 aliphatic rings. The summed E-state index contributed by atoms with van der Waals surface area (Å²) in [6, 6.07) is 0.0647. The lowest BCUT2D eigenvalue weighted by molar-refractivity contribution is -0.128. The van der Waals surface area contributed by atoms with Gasteiger partial charge >= 0.3 is 23.1 Å². The van der Waals surface area contributed by atoms with Crippen molar-refractivity contribution in [2.75, 3.05) is 6.61 Å². The average Bonchev–Trinajstić information content (AvgIpc) is 4.17. The summed E-state index contributed by atoms with van der Waals surface area (Å²) in [4.78, 5) is 69.7. The lowest BCUT2D eigenvalue weighted by atomic mass is 9.96. The molecule has 7 aromatic heterocycles. The second-order valence-corrected chi connectivity index (χ2v) is 27.6. The van der Waals surface area contributed by atoms with Crippen molar-refractivity contribution >= 4 is 82.1 Å². The summed E-state index contributed by atoms with van der Waals surface area (Å²) in [5.41, 5.74) is -0.0743. The van der Waals surface area contributed by atoms with E-state index in [0.717, 1.165) is 26.7 Å². The molecular weight excluding hydrogens is 1180 g/mol. The molecule has 0 fully saturated rings. The maximum Gasteiger partial charge on any atom is 0.425 e. The Morgan fingerprint density at radius 1 is 0.576 bits per heavy atom. The van der Waals surface area contributed by atoms with Crippen molar-refractivity contribution in [3.8, 4) is 17.0 Å². The highest BCUT2D eigenvalue weighted by Gasteiger charge is 2.27. The maximum absolute atomic E-state index is 10.2. The van der Waals surface area contributed by atoms with Gasteiger partial charge in [-0.3, -0.25) is 34.4 Å². The van der Waals surface area contributed by atoms with Gasteiger partial charge in [0.1, 0.15) is 33.0 Å². The molecule has 0 amide bonds. The van der Waals surface area contributed by atoms with Crippen LogP contribution >= 0.6 is 34.0 Å². The predicted molar refractivity (Wildman–Crippen MR) is 319 cm³/mol. The normalized spacial score (nSPS) is 11.0. The van der Waals surface area contributed by atoms with E-state index >= 15 is 0 Å². The molecule has 7 aromatic rings. The predicted octanol–water partition coefficient (Wildman–Crippen LogP) is 9.54. The highest BCUT2D eigenvalue weighted by molar-refractivity contribution is 7.59. The van der Waals surface area contributed by atoms with Crippen molar-refractivity contribution in [2.45, 2.75) is 190 Å². The summed E-state index contributed by atoms with van der Waals surface area (Å²) in [7, 11) is -3.11. The van der Waals surface area contributed by atoms with E-state index in [-0.39, 0.29) is 79.4 Å². The number of nitrogens with one attached hydrogen (secondary N) is 4. The van der Waals surface area contributed by atoms with Gasteiger partial charge in [0, 0.05) is 50.5 Å². The number of thiazole rings is 2. The van der Waals surface area contributed by atoms with E-state index < -0.39 is 10.6 Å². The van der Waals surface area contributed by atoms with Crippen molar-refractivity contribution in [3.05, 3.63) is 84.1 Å². The fraction of sp³-hybridized carbons (Fsp3) is 0.577. The summed E-state index contributed by atoms with van der Waals surface area (Å²) in [5.74, 6) is 3.50. The highest BCUT2D eigenvalue weighted by Crippen LogP contribution is 2.39. The molecule has 0 radical (unpaired) electrons. The molecule has 85 heavy (non-hydrogen) atoms. The van der Waals surface area contributed by atoms with Crippen molar-refractivity contribution < 1.29 is 50.8 Å². The zero-order chi connectivity index (χ0) is 65.6. The Morgan fingerprint density at radius 3 is 1.48 bits per heavy atom. The summed E-state index contributed by atoms with van der Waals surface area (Å²) < 4.78 is 43.6. The number of hydrogen-bond donors (Lipinski definition) is 4. The van der Waals surface area contributed by atoms with Crippen LogP contribution in [-0.4, -0.2) is 126 Å². The van der Waals surface area contributed by atoms with Crippen molar-refractivity contribution in [2.24, 2.45) is 0 Å².